The number of nitrogens with zero attached hydrogens (tertiary/aromatic N) is 3. The fourth-order valence-corrected chi connectivity index (χ4v) is 4.16. The molecule has 1 aromatic heterocycles. The lowest BCUT2D eigenvalue weighted by atomic mass is 10.1. The number of sulfonamides is 1. The van der Waals surface area contributed by atoms with E-state index in [1.165, 1.54) is 12.4 Å². The van der Waals surface area contributed by atoms with Gasteiger partial charge in [0.25, 0.3) is 0 Å². The highest BCUT2D eigenvalue weighted by atomic mass is 32.2. The molecule has 2 rings (SSSR count). The molecule has 2 unspecified atom stereocenters. The van der Waals surface area contributed by atoms with E-state index in [0.717, 1.165) is 19.4 Å². The number of hydrogen-bond donors (Lipinski definition) is 1. The molecule has 7 heteroatoms. The van der Waals surface area contributed by atoms with Crippen LogP contribution >= 0.6 is 0 Å². The second-order valence-corrected chi connectivity index (χ2v) is 7.32. The summed E-state index contributed by atoms with van der Waals surface area (Å²) in [6.45, 7) is 7.40. The first-order chi connectivity index (χ1) is 9.45. The molecule has 2 heterocycles. The van der Waals surface area contributed by atoms with Crippen LogP contribution in [-0.2, 0) is 10.0 Å². The molecule has 20 heavy (non-hydrogen) atoms. The van der Waals surface area contributed by atoms with E-state index < -0.39 is 10.0 Å². The van der Waals surface area contributed by atoms with Gasteiger partial charge in [-0.2, -0.15) is 4.31 Å². The average molecular weight is 298 g/mol. The van der Waals surface area contributed by atoms with Crippen LogP contribution in [0.4, 0.5) is 5.95 Å². The summed E-state index contributed by atoms with van der Waals surface area (Å²) in [7, 11) is -3.48. The molecule has 0 radical (unpaired) electrons. The van der Waals surface area contributed by atoms with E-state index >= 15 is 0 Å². The molecule has 1 aliphatic heterocycles. The van der Waals surface area contributed by atoms with Crippen LogP contribution in [0.1, 0.15) is 33.6 Å². The molecule has 1 N–H and O–H groups in total. The topological polar surface area (TPSA) is 75.2 Å². The van der Waals surface area contributed by atoms with E-state index in [0.29, 0.717) is 18.4 Å². The molecular formula is C13H22N4O2S. The van der Waals surface area contributed by atoms with Gasteiger partial charge in [0.2, 0.25) is 16.0 Å². The summed E-state index contributed by atoms with van der Waals surface area (Å²) in [5.41, 5.74) is 0. The Hall–Kier alpha value is -1.21. The fourth-order valence-electron chi connectivity index (χ4n) is 2.51. The van der Waals surface area contributed by atoms with Gasteiger partial charge in [0, 0.05) is 19.1 Å². The second kappa shape index (κ2) is 6.05. The number of aromatic nitrogens is 2. The molecule has 1 aromatic rings. The smallest absolute Gasteiger partial charge is 0.246 e. The van der Waals surface area contributed by atoms with Crippen LogP contribution < -0.4 is 5.32 Å². The molecule has 0 aliphatic carbocycles. The van der Waals surface area contributed by atoms with E-state index in [1.807, 2.05) is 13.8 Å². The van der Waals surface area contributed by atoms with Gasteiger partial charge in [0.05, 0.1) is 12.4 Å². The molecule has 1 fully saturated rings. The van der Waals surface area contributed by atoms with E-state index in [-0.39, 0.29) is 10.9 Å². The van der Waals surface area contributed by atoms with Crippen molar-refractivity contribution in [1.29, 1.82) is 0 Å². The van der Waals surface area contributed by atoms with E-state index in [1.54, 1.807) is 4.31 Å². The maximum atomic E-state index is 12.5. The van der Waals surface area contributed by atoms with Crippen LogP contribution in [0.15, 0.2) is 17.3 Å². The monoisotopic (exact) mass is 298 g/mol. The molecule has 1 aliphatic rings. The predicted molar refractivity (Wildman–Crippen MR) is 77.9 cm³/mol. The minimum Gasteiger partial charge on any atom is -0.354 e. The van der Waals surface area contributed by atoms with Crippen molar-refractivity contribution in [3.63, 3.8) is 0 Å². The first-order valence-corrected chi connectivity index (χ1v) is 8.47. The van der Waals surface area contributed by atoms with Crippen molar-refractivity contribution in [2.45, 2.75) is 44.6 Å². The van der Waals surface area contributed by atoms with Crippen molar-refractivity contribution in [3.8, 4) is 0 Å². The molecule has 0 aromatic carbocycles. The Labute approximate surface area is 120 Å². The summed E-state index contributed by atoms with van der Waals surface area (Å²) in [5, 5.41) is 3.03. The summed E-state index contributed by atoms with van der Waals surface area (Å²) in [6, 6.07) is 0.0351. The van der Waals surface area contributed by atoms with Crippen molar-refractivity contribution in [2.75, 3.05) is 18.4 Å². The number of nitrogens with one attached hydrogen (secondary N) is 1. The van der Waals surface area contributed by atoms with E-state index in [2.05, 4.69) is 22.2 Å². The third kappa shape index (κ3) is 3.09. The van der Waals surface area contributed by atoms with Gasteiger partial charge in [-0.25, -0.2) is 18.4 Å². The van der Waals surface area contributed by atoms with Crippen LogP contribution in [0.3, 0.4) is 0 Å². The SMILES string of the molecule is CCCNc1ncc(S(=O)(=O)N2CC(C)CC2C)cn1. The summed E-state index contributed by atoms with van der Waals surface area (Å²) in [5.74, 6) is 0.861. The van der Waals surface area contributed by atoms with Crippen LogP contribution in [0.2, 0.25) is 0 Å². The van der Waals surface area contributed by atoms with Crippen molar-refractivity contribution in [2.24, 2.45) is 5.92 Å². The van der Waals surface area contributed by atoms with Crippen LogP contribution in [-0.4, -0.2) is 41.8 Å². The maximum absolute atomic E-state index is 12.5. The zero-order valence-electron chi connectivity index (χ0n) is 12.2. The van der Waals surface area contributed by atoms with Gasteiger partial charge < -0.3 is 5.32 Å². The fraction of sp³-hybridized carbons (Fsp3) is 0.692. The Kier molecular flexibility index (Phi) is 4.59. The first kappa shape index (κ1) is 15.2. The van der Waals surface area contributed by atoms with Crippen LogP contribution in [0.5, 0.6) is 0 Å². The standard InChI is InChI=1S/C13H22N4O2S/c1-4-5-14-13-15-7-12(8-16-13)20(18,19)17-9-10(2)6-11(17)3/h7-8,10-11H,4-6,9H2,1-3H3,(H,14,15,16). The van der Waals surface area contributed by atoms with Gasteiger partial charge in [-0.1, -0.05) is 13.8 Å². The normalized spacial score (nSPS) is 23.9. The largest absolute Gasteiger partial charge is 0.354 e. The average Bonchev–Trinajstić information content (AvgIpc) is 2.76. The molecule has 2 atom stereocenters. The van der Waals surface area contributed by atoms with Gasteiger partial charge in [0.1, 0.15) is 4.90 Å². The third-order valence-corrected chi connectivity index (χ3v) is 5.43. The van der Waals surface area contributed by atoms with Crippen LogP contribution in [0.25, 0.3) is 0 Å². The molecule has 0 saturated carbocycles. The molecular weight excluding hydrogens is 276 g/mol. The highest BCUT2D eigenvalue weighted by Crippen LogP contribution is 2.28. The van der Waals surface area contributed by atoms with Crippen molar-refractivity contribution in [3.05, 3.63) is 12.4 Å². The summed E-state index contributed by atoms with van der Waals surface area (Å²) < 4.78 is 26.6. The van der Waals surface area contributed by atoms with Gasteiger partial charge in [-0.15, -0.1) is 0 Å². The summed E-state index contributed by atoms with van der Waals surface area (Å²) in [6.07, 6.45) is 4.63. The lowest BCUT2D eigenvalue weighted by Gasteiger charge is -2.20. The quantitative estimate of drug-likeness (QED) is 0.896. The molecule has 112 valence electrons. The van der Waals surface area contributed by atoms with E-state index in [9.17, 15) is 8.42 Å². The Balaban J connectivity index is 2.17. The highest BCUT2D eigenvalue weighted by molar-refractivity contribution is 7.89. The van der Waals surface area contributed by atoms with Gasteiger partial charge in [-0.05, 0) is 25.7 Å². The van der Waals surface area contributed by atoms with Gasteiger partial charge in [-0.3, -0.25) is 0 Å². The van der Waals surface area contributed by atoms with Crippen molar-refractivity contribution >= 4 is 16.0 Å². The van der Waals surface area contributed by atoms with Gasteiger partial charge in [0.15, 0.2) is 0 Å². The zero-order valence-corrected chi connectivity index (χ0v) is 13.0. The second-order valence-electron chi connectivity index (χ2n) is 5.43. The number of hydrogen-bond acceptors (Lipinski definition) is 5. The number of rotatable bonds is 5. The zero-order chi connectivity index (χ0) is 14.8. The van der Waals surface area contributed by atoms with Crippen molar-refractivity contribution < 1.29 is 8.42 Å². The molecule has 0 amide bonds. The summed E-state index contributed by atoms with van der Waals surface area (Å²) >= 11 is 0. The van der Waals surface area contributed by atoms with Crippen molar-refractivity contribution in [1.82, 2.24) is 14.3 Å². The predicted octanol–water partition coefficient (Wildman–Crippen LogP) is 1.72. The molecule has 6 nitrogen and oxygen atoms in total. The molecule has 0 spiro atoms. The molecule has 0 bridgehead atoms. The molecule has 1 saturated heterocycles. The highest BCUT2D eigenvalue weighted by Gasteiger charge is 2.36. The summed E-state index contributed by atoms with van der Waals surface area (Å²) in [4.78, 5) is 8.31. The Morgan fingerprint density at radius 1 is 1.35 bits per heavy atom. The Morgan fingerprint density at radius 3 is 2.50 bits per heavy atom. The van der Waals surface area contributed by atoms with Crippen LogP contribution in [0, 0.1) is 5.92 Å². The lowest BCUT2D eigenvalue weighted by molar-refractivity contribution is 0.405. The minimum atomic E-state index is -3.48. The maximum Gasteiger partial charge on any atom is 0.246 e. The Bertz CT molecular complexity index is 544. The Morgan fingerprint density at radius 2 is 2.00 bits per heavy atom. The van der Waals surface area contributed by atoms with E-state index in [4.69, 9.17) is 0 Å². The van der Waals surface area contributed by atoms with Gasteiger partial charge >= 0.3 is 0 Å². The lowest BCUT2D eigenvalue weighted by Crippen LogP contribution is -2.34. The number of anilines is 1. The third-order valence-electron chi connectivity index (χ3n) is 3.49. The first-order valence-electron chi connectivity index (χ1n) is 7.03. The minimum absolute atomic E-state index is 0.0351.